The van der Waals surface area contributed by atoms with Crippen molar-refractivity contribution in [3.63, 3.8) is 0 Å². The monoisotopic (exact) mass is 380 g/mol. The average molecular weight is 380 g/mol. The normalized spacial score (nSPS) is 10.4. The van der Waals surface area contributed by atoms with E-state index in [0.29, 0.717) is 19.7 Å². The molecule has 3 rings (SSSR count). The number of nitrogens with zero attached hydrogens (tertiary/aromatic N) is 3. The summed E-state index contributed by atoms with van der Waals surface area (Å²) in [6.45, 7) is 1.27. The van der Waals surface area contributed by atoms with E-state index >= 15 is 0 Å². The molecule has 0 aliphatic heterocycles. The Morgan fingerprint density at radius 2 is 1.82 bits per heavy atom. The first-order valence-corrected chi connectivity index (χ1v) is 9.00. The van der Waals surface area contributed by atoms with Crippen molar-refractivity contribution in [1.29, 1.82) is 0 Å². The van der Waals surface area contributed by atoms with Crippen LogP contribution < -0.4 is 14.8 Å². The maximum atomic E-state index is 12.2. The zero-order valence-corrected chi connectivity index (χ0v) is 16.0. The maximum Gasteiger partial charge on any atom is 0.317 e. The molecule has 7 nitrogen and oxygen atoms in total. The van der Waals surface area contributed by atoms with Gasteiger partial charge in [0.05, 0.1) is 32.1 Å². The molecule has 2 aromatic carbocycles. The number of hydrogen-bond acceptors (Lipinski definition) is 4. The highest BCUT2D eigenvalue weighted by Gasteiger charge is 2.10. The number of benzene rings is 2. The van der Waals surface area contributed by atoms with Crippen LogP contribution in [0.5, 0.6) is 11.5 Å². The van der Waals surface area contributed by atoms with Crippen LogP contribution in [-0.2, 0) is 6.54 Å². The van der Waals surface area contributed by atoms with Gasteiger partial charge in [0, 0.05) is 18.8 Å². The fourth-order valence-electron chi connectivity index (χ4n) is 2.64. The summed E-state index contributed by atoms with van der Waals surface area (Å²) in [5.41, 5.74) is 1.94. The lowest BCUT2D eigenvalue weighted by atomic mass is 10.3. The highest BCUT2D eigenvalue weighted by atomic mass is 16.5. The van der Waals surface area contributed by atoms with Gasteiger partial charge in [-0.2, -0.15) is 5.10 Å². The largest absolute Gasteiger partial charge is 0.497 e. The quantitative estimate of drug-likeness (QED) is 0.610. The van der Waals surface area contributed by atoms with Crippen molar-refractivity contribution in [2.24, 2.45) is 0 Å². The van der Waals surface area contributed by atoms with E-state index in [1.807, 2.05) is 60.8 Å². The van der Waals surface area contributed by atoms with Crippen LogP contribution in [0.1, 0.15) is 5.56 Å². The van der Waals surface area contributed by atoms with Crippen molar-refractivity contribution >= 4 is 6.03 Å². The van der Waals surface area contributed by atoms with Gasteiger partial charge in [0.1, 0.15) is 18.1 Å². The number of hydrogen-bond donors (Lipinski definition) is 1. The van der Waals surface area contributed by atoms with Crippen LogP contribution in [0.15, 0.2) is 67.0 Å². The molecule has 0 aliphatic carbocycles. The molecule has 7 heteroatoms. The molecule has 28 heavy (non-hydrogen) atoms. The highest BCUT2D eigenvalue weighted by Crippen LogP contribution is 2.16. The van der Waals surface area contributed by atoms with Crippen molar-refractivity contribution in [2.45, 2.75) is 6.54 Å². The van der Waals surface area contributed by atoms with Crippen LogP contribution in [0.4, 0.5) is 4.79 Å². The van der Waals surface area contributed by atoms with Gasteiger partial charge in [0.15, 0.2) is 0 Å². The Hall–Kier alpha value is -3.48. The fraction of sp³-hybridized carbons (Fsp3) is 0.238. The molecule has 0 fully saturated rings. The van der Waals surface area contributed by atoms with Crippen LogP contribution in [-0.4, -0.2) is 48.0 Å². The summed E-state index contributed by atoms with van der Waals surface area (Å²) in [6.07, 6.45) is 3.69. The van der Waals surface area contributed by atoms with Gasteiger partial charge >= 0.3 is 6.03 Å². The number of urea groups is 1. The van der Waals surface area contributed by atoms with E-state index in [4.69, 9.17) is 9.47 Å². The second-order valence-electron chi connectivity index (χ2n) is 6.24. The van der Waals surface area contributed by atoms with E-state index in [-0.39, 0.29) is 6.03 Å². The van der Waals surface area contributed by atoms with Crippen molar-refractivity contribution in [3.05, 3.63) is 72.6 Å². The summed E-state index contributed by atoms with van der Waals surface area (Å²) in [5, 5.41) is 7.19. The molecule has 0 unspecified atom stereocenters. The van der Waals surface area contributed by atoms with Crippen LogP contribution in [0.25, 0.3) is 5.69 Å². The molecule has 2 amide bonds. The van der Waals surface area contributed by atoms with E-state index in [0.717, 1.165) is 22.7 Å². The van der Waals surface area contributed by atoms with Crippen LogP contribution in [0.2, 0.25) is 0 Å². The Morgan fingerprint density at radius 3 is 2.54 bits per heavy atom. The highest BCUT2D eigenvalue weighted by molar-refractivity contribution is 5.73. The first kappa shape index (κ1) is 19.3. The van der Waals surface area contributed by atoms with E-state index in [2.05, 4.69) is 10.4 Å². The van der Waals surface area contributed by atoms with E-state index in [1.165, 1.54) is 0 Å². The second kappa shape index (κ2) is 9.45. The topological polar surface area (TPSA) is 68.6 Å². The predicted octanol–water partition coefficient (Wildman–Crippen LogP) is 3.10. The number of carbonyl (C=O) groups is 1. The van der Waals surface area contributed by atoms with E-state index in [9.17, 15) is 4.79 Å². The fourth-order valence-corrected chi connectivity index (χ4v) is 2.64. The van der Waals surface area contributed by atoms with Gasteiger partial charge < -0.3 is 19.7 Å². The molecule has 0 bridgehead atoms. The van der Waals surface area contributed by atoms with E-state index in [1.54, 1.807) is 29.9 Å². The minimum Gasteiger partial charge on any atom is -0.497 e. The van der Waals surface area contributed by atoms with Gasteiger partial charge in [-0.1, -0.05) is 18.2 Å². The van der Waals surface area contributed by atoms with E-state index < -0.39 is 0 Å². The molecule has 0 spiro atoms. The SMILES string of the molecule is COc1ccc(OCCNC(=O)N(C)Cc2cnn(-c3ccccc3)c2)cc1. The van der Waals surface area contributed by atoms with Crippen molar-refractivity contribution in [1.82, 2.24) is 20.0 Å². The summed E-state index contributed by atoms with van der Waals surface area (Å²) >= 11 is 0. The zero-order valence-electron chi connectivity index (χ0n) is 16.0. The van der Waals surface area contributed by atoms with Gasteiger partial charge in [-0.25, -0.2) is 9.48 Å². The van der Waals surface area contributed by atoms with Gasteiger partial charge in [-0.3, -0.25) is 0 Å². The summed E-state index contributed by atoms with van der Waals surface area (Å²) < 4.78 is 12.5. The van der Waals surface area contributed by atoms with Crippen LogP contribution in [0, 0.1) is 0 Å². The number of amides is 2. The molecule has 1 heterocycles. The summed E-state index contributed by atoms with van der Waals surface area (Å²) in [4.78, 5) is 13.8. The summed E-state index contributed by atoms with van der Waals surface area (Å²) in [5.74, 6) is 1.51. The third-order valence-corrected chi connectivity index (χ3v) is 4.13. The summed E-state index contributed by atoms with van der Waals surface area (Å²) in [6, 6.07) is 17.0. The van der Waals surface area contributed by atoms with Crippen LogP contribution in [0.3, 0.4) is 0 Å². The number of ether oxygens (including phenoxy) is 2. The molecule has 146 valence electrons. The van der Waals surface area contributed by atoms with Gasteiger partial charge in [-0.05, 0) is 36.4 Å². The smallest absolute Gasteiger partial charge is 0.317 e. The molecule has 0 aliphatic rings. The standard InChI is InChI=1S/C21H24N4O3/c1-24(15-17-14-23-25(16-17)18-6-4-3-5-7-18)21(26)22-12-13-28-20-10-8-19(27-2)9-11-20/h3-11,14,16H,12-13,15H2,1-2H3,(H,22,26). The molecule has 3 aromatic rings. The number of aromatic nitrogens is 2. The number of para-hydroxylation sites is 1. The Labute approximate surface area is 164 Å². The van der Waals surface area contributed by atoms with Crippen LogP contribution >= 0.6 is 0 Å². The second-order valence-corrected chi connectivity index (χ2v) is 6.24. The Morgan fingerprint density at radius 1 is 1.11 bits per heavy atom. The molecule has 0 radical (unpaired) electrons. The molecule has 1 N–H and O–H groups in total. The van der Waals surface area contributed by atoms with Gasteiger partial charge in [0.25, 0.3) is 0 Å². The zero-order chi connectivity index (χ0) is 19.8. The first-order chi connectivity index (χ1) is 13.7. The van der Waals surface area contributed by atoms with Crippen molar-refractivity contribution < 1.29 is 14.3 Å². The molecule has 1 aromatic heterocycles. The predicted molar refractivity (Wildman–Crippen MR) is 107 cm³/mol. The Kier molecular flexibility index (Phi) is 6.51. The molecular weight excluding hydrogens is 356 g/mol. The van der Waals surface area contributed by atoms with Gasteiger partial charge in [0.2, 0.25) is 0 Å². The minimum absolute atomic E-state index is 0.161. The number of methoxy groups -OCH3 is 1. The van der Waals surface area contributed by atoms with Gasteiger partial charge in [-0.15, -0.1) is 0 Å². The summed E-state index contributed by atoms with van der Waals surface area (Å²) in [7, 11) is 3.37. The molecule has 0 saturated heterocycles. The molecular formula is C21H24N4O3. The lowest BCUT2D eigenvalue weighted by Gasteiger charge is -2.17. The maximum absolute atomic E-state index is 12.2. The molecule has 0 saturated carbocycles. The van der Waals surface area contributed by atoms with Crippen molar-refractivity contribution in [3.8, 4) is 17.2 Å². The lowest BCUT2D eigenvalue weighted by Crippen LogP contribution is -2.38. The third kappa shape index (κ3) is 5.26. The minimum atomic E-state index is -0.161. The number of carbonyl (C=O) groups excluding carboxylic acids is 1. The number of nitrogens with one attached hydrogen (secondary N) is 1. The Bertz CT molecular complexity index is 878. The third-order valence-electron chi connectivity index (χ3n) is 4.13. The Balaban J connectivity index is 1.41. The van der Waals surface area contributed by atoms with Crippen molar-refractivity contribution in [2.75, 3.05) is 27.3 Å². The lowest BCUT2D eigenvalue weighted by molar-refractivity contribution is 0.203. The average Bonchev–Trinajstić information content (AvgIpc) is 3.20. The molecule has 0 atom stereocenters. The first-order valence-electron chi connectivity index (χ1n) is 9.00. The number of rotatable bonds is 8.